The summed E-state index contributed by atoms with van der Waals surface area (Å²) < 4.78 is 0. The Balaban J connectivity index is 0. The van der Waals surface area contributed by atoms with Crippen LogP contribution in [0, 0.1) is 5.41 Å². The second-order valence-corrected chi connectivity index (χ2v) is 3.12. The first kappa shape index (κ1) is 16.1. The Morgan fingerprint density at radius 3 is 1.50 bits per heavy atom. The van der Waals surface area contributed by atoms with E-state index >= 15 is 0 Å². The first-order valence-electron chi connectivity index (χ1n) is 4.12. The van der Waals surface area contributed by atoms with E-state index < -0.39 is 11.4 Å². The Morgan fingerprint density at radius 1 is 1.21 bits per heavy atom. The fraction of sp³-hybridized carbons (Fsp3) is 0.875. The van der Waals surface area contributed by atoms with E-state index in [1.165, 1.54) is 0 Å². The zero-order valence-electron chi connectivity index (χ0n) is 8.11. The van der Waals surface area contributed by atoms with Crippen molar-refractivity contribution < 1.29 is 25.2 Å². The van der Waals surface area contributed by atoms with Crippen LogP contribution in [0.3, 0.4) is 0 Å². The van der Waals surface area contributed by atoms with Gasteiger partial charge in [-0.15, -0.1) is 11.6 Å². The summed E-state index contributed by atoms with van der Waals surface area (Å²) in [6, 6.07) is 0. The molecule has 0 aromatic heterocycles. The Hall–Kier alpha value is -0.360. The highest BCUT2D eigenvalue weighted by Crippen LogP contribution is 2.18. The van der Waals surface area contributed by atoms with E-state index in [-0.39, 0.29) is 25.7 Å². The number of rotatable bonds is 5. The summed E-state index contributed by atoms with van der Waals surface area (Å²) in [4.78, 5) is 9.24. The quantitative estimate of drug-likeness (QED) is 0.483. The normalized spacial score (nSPS) is 10.4. The molecule has 0 aliphatic carbocycles. The number of alkyl halides is 1. The number of carbonyl (C=O) groups is 1. The van der Waals surface area contributed by atoms with E-state index in [4.69, 9.17) is 32.0 Å². The highest BCUT2D eigenvalue weighted by Gasteiger charge is 2.24. The summed E-state index contributed by atoms with van der Waals surface area (Å²) >= 11 is 4.74. The summed E-state index contributed by atoms with van der Waals surface area (Å²) in [6.07, 6.45) is 0.594. The molecule has 0 bridgehead atoms. The van der Waals surface area contributed by atoms with Gasteiger partial charge < -0.3 is 20.4 Å². The van der Waals surface area contributed by atoms with Crippen molar-refractivity contribution >= 4 is 17.6 Å². The van der Waals surface area contributed by atoms with Crippen LogP contribution in [0.1, 0.15) is 13.3 Å². The lowest BCUT2D eigenvalue weighted by Gasteiger charge is -2.24. The van der Waals surface area contributed by atoms with Crippen LogP contribution in [-0.4, -0.2) is 52.1 Å². The van der Waals surface area contributed by atoms with Gasteiger partial charge in [-0.25, -0.2) is 0 Å². The number of aliphatic carboxylic acids is 1. The maximum atomic E-state index is 9.24. The predicted molar refractivity (Wildman–Crippen MR) is 52.3 cm³/mol. The molecule has 0 saturated carbocycles. The maximum absolute atomic E-state index is 9.24. The summed E-state index contributed by atoms with van der Waals surface area (Å²) in [6.45, 7) is 1.35. The van der Waals surface area contributed by atoms with Gasteiger partial charge in [0, 0.05) is 5.41 Å². The minimum Gasteiger partial charge on any atom is -0.480 e. The van der Waals surface area contributed by atoms with Crippen LogP contribution in [0.5, 0.6) is 0 Å². The third kappa shape index (κ3) is 7.08. The molecule has 0 unspecified atom stereocenters. The fourth-order valence-electron chi connectivity index (χ4n) is 0.485. The molecule has 0 heterocycles. The van der Waals surface area contributed by atoms with Crippen LogP contribution in [0.15, 0.2) is 0 Å². The number of aliphatic hydroxyl groups excluding tert-OH is 3. The molecule has 0 amide bonds. The molecule has 0 spiro atoms. The van der Waals surface area contributed by atoms with Gasteiger partial charge in [-0.1, -0.05) is 6.92 Å². The Kier molecular flexibility index (Phi) is 10.6. The number of hydrogen-bond acceptors (Lipinski definition) is 4. The number of halogens is 1. The monoisotopic (exact) mass is 228 g/mol. The lowest BCUT2D eigenvalue weighted by atomic mass is 9.88. The van der Waals surface area contributed by atoms with Gasteiger partial charge in [0.05, 0.1) is 19.8 Å². The summed E-state index contributed by atoms with van der Waals surface area (Å²) in [7, 11) is 0. The van der Waals surface area contributed by atoms with E-state index in [0.717, 1.165) is 0 Å². The standard InChI is InChI=1S/C6H14O3.C2H3ClO2/c1-2-6(3-7,4-8)5-9;3-1-2(4)5/h7-9H,2-5H2,1H3;1H2,(H,4,5). The van der Waals surface area contributed by atoms with Gasteiger partial charge >= 0.3 is 5.97 Å². The maximum Gasteiger partial charge on any atom is 0.318 e. The SMILES string of the molecule is CCC(CO)(CO)CO.O=C(O)CCl. The number of aliphatic hydroxyl groups is 3. The van der Waals surface area contributed by atoms with Crippen LogP contribution in [-0.2, 0) is 4.79 Å². The average Bonchev–Trinajstić information content (AvgIpc) is 2.23. The third-order valence-electron chi connectivity index (χ3n) is 1.87. The molecule has 0 rings (SSSR count). The van der Waals surface area contributed by atoms with Gasteiger partial charge in [0.25, 0.3) is 0 Å². The first-order chi connectivity index (χ1) is 6.51. The summed E-state index contributed by atoms with van der Waals surface area (Å²) in [5, 5.41) is 33.6. The second-order valence-electron chi connectivity index (χ2n) is 2.86. The largest absolute Gasteiger partial charge is 0.480 e. The van der Waals surface area contributed by atoms with E-state index in [2.05, 4.69) is 0 Å². The molecule has 0 atom stereocenters. The van der Waals surface area contributed by atoms with Crippen molar-refractivity contribution in [3.63, 3.8) is 0 Å². The number of carboxylic acids is 1. The Bertz CT molecular complexity index is 129. The van der Waals surface area contributed by atoms with E-state index in [1.807, 2.05) is 6.92 Å². The molecule has 0 saturated heterocycles. The van der Waals surface area contributed by atoms with Crippen molar-refractivity contribution in [2.45, 2.75) is 13.3 Å². The molecular formula is C8H17ClO5. The number of hydrogen-bond donors (Lipinski definition) is 4. The zero-order chi connectivity index (χ0) is 11.6. The van der Waals surface area contributed by atoms with Crippen molar-refractivity contribution in [2.24, 2.45) is 5.41 Å². The molecule has 6 heteroatoms. The van der Waals surface area contributed by atoms with Crippen LogP contribution >= 0.6 is 11.6 Å². The third-order valence-corrected chi connectivity index (χ3v) is 2.10. The Morgan fingerprint density at radius 2 is 1.50 bits per heavy atom. The van der Waals surface area contributed by atoms with Crippen LogP contribution < -0.4 is 0 Å². The molecule has 0 radical (unpaired) electrons. The van der Waals surface area contributed by atoms with E-state index in [9.17, 15) is 4.79 Å². The van der Waals surface area contributed by atoms with Crippen molar-refractivity contribution in [3.8, 4) is 0 Å². The van der Waals surface area contributed by atoms with Crippen molar-refractivity contribution in [1.82, 2.24) is 0 Å². The van der Waals surface area contributed by atoms with Crippen molar-refractivity contribution in [3.05, 3.63) is 0 Å². The molecule has 0 aromatic carbocycles. The Labute approximate surface area is 87.9 Å². The lowest BCUT2D eigenvalue weighted by molar-refractivity contribution is -0.134. The second kappa shape index (κ2) is 9.21. The molecular weight excluding hydrogens is 212 g/mol. The molecule has 86 valence electrons. The summed E-state index contributed by atoms with van der Waals surface area (Å²) in [5.74, 6) is -1.29. The molecule has 4 N–H and O–H groups in total. The lowest BCUT2D eigenvalue weighted by Crippen LogP contribution is -2.32. The zero-order valence-corrected chi connectivity index (χ0v) is 8.87. The van der Waals surface area contributed by atoms with Gasteiger partial charge in [0.1, 0.15) is 5.88 Å². The predicted octanol–water partition coefficient (Wildman–Crippen LogP) is -0.331. The molecule has 0 aliphatic rings. The molecule has 0 fully saturated rings. The summed E-state index contributed by atoms with van der Waals surface area (Å²) in [5.41, 5.74) is -0.667. The first-order valence-corrected chi connectivity index (χ1v) is 4.65. The number of carboxylic acid groups (broad SMARTS) is 1. The van der Waals surface area contributed by atoms with E-state index in [1.54, 1.807) is 0 Å². The fourth-order valence-corrected chi connectivity index (χ4v) is 0.485. The highest BCUT2D eigenvalue weighted by molar-refractivity contribution is 6.26. The van der Waals surface area contributed by atoms with Gasteiger partial charge in [-0.2, -0.15) is 0 Å². The van der Waals surface area contributed by atoms with Crippen LogP contribution in [0.25, 0.3) is 0 Å². The van der Waals surface area contributed by atoms with Crippen LogP contribution in [0.4, 0.5) is 0 Å². The van der Waals surface area contributed by atoms with Gasteiger partial charge in [0.15, 0.2) is 0 Å². The topological polar surface area (TPSA) is 98.0 Å². The molecule has 0 aliphatic heterocycles. The van der Waals surface area contributed by atoms with Crippen molar-refractivity contribution in [2.75, 3.05) is 25.7 Å². The highest BCUT2D eigenvalue weighted by atomic mass is 35.5. The van der Waals surface area contributed by atoms with Crippen LogP contribution in [0.2, 0.25) is 0 Å². The minimum atomic E-state index is -0.980. The molecule has 5 nitrogen and oxygen atoms in total. The average molecular weight is 229 g/mol. The van der Waals surface area contributed by atoms with Gasteiger partial charge in [0.2, 0.25) is 0 Å². The van der Waals surface area contributed by atoms with Gasteiger partial charge in [-0.3, -0.25) is 4.79 Å². The smallest absolute Gasteiger partial charge is 0.318 e. The van der Waals surface area contributed by atoms with Gasteiger partial charge in [-0.05, 0) is 6.42 Å². The molecule has 0 aromatic rings. The minimum absolute atomic E-state index is 0.156. The van der Waals surface area contributed by atoms with Crippen molar-refractivity contribution in [1.29, 1.82) is 0 Å². The molecule has 14 heavy (non-hydrogen) atoms. The van der Waals surface area contributed by atoms with E-state index in [0.29, 0.717) is 6.42 Å².